The van der Waals surface area contributed by atoms with Crippen molar-refractivity contribution >= 4 is 39.2 Å². The number of anilines is 2. The van der Waals surface area contributed by atoms with E-state index in [1.54, 1.807) is 39.2 Å². The number of hydrogen-bond donors (Lipinski definition) is 3. The molecule has 25 heavy (non-hydrogen) atoms. The first-order valence-electron chi connectivity index (χ1n) is 7.24. The molecule has 0 saturated heterocycles. The van der Waals surface area contributed by atoms with Gasteiger partial charge in [-0.1, -0.05) is 0 Å². The third kappa shape index (κ3) is 2.68. The van der Waals surface area contributed by atoms with Crippen molar-refractivity contribution in [3.05, 3.63) is 41.7 Å². The lowest BCUT2D eigenvalue weighted by molar-refractivity contribution is 0.100. The van der Waals surface area contributed by atoms with Crippen LogP contribution in [0.5, 0.6) is 5.88 Å². The quantitative estimate of drug-likeness (QED) is 0.512. The number of aromatic nitrogens is 5. The molecule has 10 heteroatoms. The minimum absolute atomic E-state index is 0.159. The molecule has 0 radical (unpaired) electrons. The highest BCUT2D eigenvalue weighted by Crippen LogP contribution is 2.29. The summed E-state index contributed by atoms with van der Waals surface area (Å²) < 4.78 is 3.43. The smallest absolute Gasteiger partial charge is 0.249 e. The first-order chi connectivity index (χ1) is 12.0. The van der Waals surface area contributed by atoms with Gasteiger partial charge in [-0.2, -0.15) is 10.1 Å². The van der Waals surface area contributed by atoms with Gasteiger partial charge in [0.1, 0.15) is 5.52 Å². The number of carbonyl (C=O) groups excluding carboxylic acids is 1. The van der Waals surface area contributed by atoms with Crippen LogP contribution in [0.15, 0.2) is 36.1 Å². The summed E-state index contributed by atoms with van der Waals surface area (Å²) in [6.45, 7) is 0. The first-order valence-corrected chi connectivity index (χ1v) is 8.11. The van der Waals surface area contributed by atoms with E-state index in [1.165, 1.54) is 11.3 Å². The number of thiophene rings is 1. The fourth-order valence-electron chi connectivity index (χ4n) is 2.47. The van der Waals surface area contributed by atoms with E-state index in [0.717, 1.165) is 5.69 Å². The lowest BCUT2D eigenvalue weighted by atomic mass is 10.3. The van der Waals surface area contributed by atoms with Gasteiger partial charge in [0.05, 0.1) is 28.0 Å². The summed E-state index contributed by atoms with van der Waals surface area (Å²) in [6.07, 6.45) is 5.29. The number of carbonyl (C=O) groups is 1. The van der Waals surface area contributed by atoms with E-state index in [9.17, 15) is 9.90 Å². The Morgan fingerprint density at radius 3 is 2.92 bits per heavy atom. The van der Waals surface area contributed by atoms with Crippen LogP contribution in [-0.2, 0) is 7.05 Å². The number of aryl methyl sites for hydroxylation is 1. The van der Waals surface area contributed by atoms with Gasteiger partial charge in [-0.25, -0.2) is 4.98 Å². The number of fused-ring (bicyclic) bond motifs is 1. The molecule has 0 aliphatic heterocycles. The van der Waals surface area contributed by atoms with E-state index in [2.05, 4.69) is 20.4 Å². The predicted molar refractivity (Wildman–Crippen MR) is 93.4 cm³/mol. The fourth-order valence-corrected chi connectivity index (χ4v) is 3.26. The summed E-state index contributed by atoms with van der Waals surface area (Å²) in [5.74, 6) is -0.433. The molecule has 4 heterocycles. The van der Waals surface area contributed by atoms with Gasteiger partial charge in [0.2, 0.25) is 17.7 Å². The number of nitrogens with two attached hydrogens (primary N) is 1. The van der Waals surface area contributed by atoms with Crippen molar-refractivity contribution in [3.63, 3.8) is 0 Å². The zero-order valence-electron chi connectivity index (χ0n) is 13.0. The molecule has 4 rings (SSSR count). The van der Waals surface area contributed by atoms with Gasteiger partial charge >= 0.3 is 0 Å². The normalized spacial score (nSPS) is 11.1. The lowest BCUT2D eigenvalue weighted by Gasteiger charge is -2.06. The average molecular weight is 355 g/mol. The number of aromatic hydroxyl groups is 1. The van der Waals surface area contributed by atoms with Crippen molar-refractivity contribution in [1.29, 1.82) is 0 Å². The van der Waals surface area contributed by atoms with E-state index >= 15 is 0 Å². The average Bonchev–Trinajstić information content (AvgIpc) is 3.26. The zero-order chi connectivity index (χ0) is 17.6. The van der Waals surface area contributed by atoms with E-state index in [1.807, 2.05) is 13.2 Å². The summed E-state index contributed by atoms with van der Waals surface area (Å²) in [7, 11) is 1.81. The van der Waals surface area contributed by atoms with Gasteiger partial charge in [-0.15, -0.1) is 11.3 Å². The van der Waals surface area contributed by atoms with Crippen molar-refractivity contribution in [1.82, 2.24) is 24.3 Å². The molecular formula is C15H13N7O2S. The Kier molecular flexibility index (Phi) is 3.39. The van der Waals surface area contributed by atoms with E-state index < -0.39 is 5.91 Å². The van der Waals surface area contributed by atoms with E-state index in [-0.39, 0.29) is 11.8 Å². The largest absolute Gasteiger partial charge is 0.492 e. The number of hydrogen-bond acceptors (Lipinski definition) is 7. The van der Waals surface area contributed by atoms with Crippen LogP contribution in [0, 0.1) is 0 Å². The Balaban J connectivity index is 1.71. The predicted octanol–water partition coefficient (Wildman–Crippen LogP) is 1.76. The van der Waals surface area contributed by atoms with Gasteiger partial charge in [0.25, 0.3) is 0 Å². The van der Waals surface area contributed by atoms with Crippen LogP contribution in [0.25, 0.3) is 16.7 Å². The number of nitrogens with zero attached hydrogens (tertiary/aromatic N) is 5. The molecule has 0 aliphatic rings. The Morgan fingerprint density at radius 2 is 2.24 bits per heavy atom. The molecule has 0 aliphatic carbocycles. The highest BCUT2D eigenvalue weighted by Gasteiger charge is 2.14. The van der Waals surface area contributed by atoms with E-state index in [4.69, 9.17) is 5.73 Å². The number of nitrogens with one attached hydrogen (secondary N) is 1. The fraction of sp³-hybridized carbons (Fsp3) is 0.0667. The molecule has 0 fully saturated rings. The highest BCUT2D eigenvalue weighted by molar-refractivity contribution is 7.14. The molecule has 9 nitrogen and oxygen atoms in total. The van der Waals surface area contributed by atoms with Crippen LogP contribution in [0.2, 0.25) is 0 Å². The van der Waals surface area contributed by atoms with Gasteiger partial charge in [-0.3, -0.25) is 9.48 Å². The maximum absolute atomic E-state index is 11.2. The minimum Gasteiger partial charge on any atom is -0.492 e. The summed E-state index contributed by atoms with van der Waals surface area (Å²) in [5, 5.41) is 19.7. The van der Waals surface area contributed by atoms with Gasteiger partial charge < -0.3 is 20.7 Å². The van der Waals surface area contributed by atoms with Crippen LogP contribution >= 0.6 is 11.3 Å². The van der Waals surface area contributed by atoms with Crippen molar-refractivity contribution in [2.24, 2.45) is 12.8 Å². The number of rotatable bonds is 4. The van der Waals surface area contributed by atoms with Crippen molar-refractivity contribution < 1.29 is 9.90 Å². The van der Waals surface area contributed by atoms with Gasteiger partial charge in [0.15, 0.2) is 0 Å². The number of primary amides is 1. The lowest BCUT2D eigenvalue weighted by Crippen LogP contribution is -2.09. The Labute approximate surface area is 145 Å². The second kappa shape index (κ2) is 5.60. The first kappa shape index (κ1) is 15.1. The molecule has 126 valence electrons. The molecule has 0 saturated carbocycles. The second-order valence-electron chi connectivity index (χ2n) is 5.35. The molecule has 0 atom stereocenters. The zero-order valence-corrected chi connectivity index (χ0v) is 13.9. The maximum Gasteiger partial charge on any atom is 0.249 e. The molecule has 4 N–H and O–H groups in total. The molecule has 4 aromatic heterocycles. The molecule has 4 aromatic rings. The van der Waals surface area contributed by atoms with Gasteiger partial charge in [0, 0.05) is 24.8 Å². The van der Waals surface area contributed by atoms with E-state index in [0.29, 0.717) is 21.6 Å². The third-order valence-electron chi connectivity index (χ3n) is 3.60. The number of amides is 1. The van der Waals surface area contributed by atoms with Crippen LogP contribution in [-0.4, -0.2) is 35.3 Å². The molecule has 1 amide bonds. The molecule has 0 bridgehead atoms. The minimum atomic E-state index is -0.503. The summed E-state index contributed by atoms with van der Waals surface area (Å²) in [5.41, 5.74) is 7.50. The van der Waals surface area contributed by atoms with Crippen LogP contribution < -0.4 is 11.1 Å². The summed E-state index contributed by atoms with van der Waals surface area (Å²) in [6, 6.07) is 3.39. The summed E-state index contributed by atoms with van der Waals surface area (Å²) >= 11 is 1.30. The van der Waals surface area contributed by atoms with Crippen molar-refractivity contribution in [3.8, 4) is 11.6 Å². The monoisotopic (exact) mass is 355 g/mol. The standard InChI is InChI=1S/C15H13N7O2S/c1-21-6-9(5-17-21)22-3-2-10-12(22)14(24)20-15(18-10)19-11-4-8(7-25-11)13(16)23/h2-7H,1H3,(H2,16,23)(H2,18,19,20,24). The molecule has 0 aromatic carbocycles. The Hall–Kier alpha value is -3.40. The topological polar surface area (TPSA) is 124 Å². The van der Waals surface area contributed by atoms with Gasteiger partial charge in [-0.05, 0) is 12.1 Å². The van der Waals surface area contributed by atoms with Crippen molar-refractivity contribution in [2.75, 3.05) is 5.32 Å². The SMILES string of the molecule is Cn1cc(-n2ccc3nc(Nc4cc(C(N)=O)cs4)nc(O)c32)cn1. The Bertz CT molecular complexity index is 1090. The van der Waals surface area contributed by atoms with Crippen LogP contribution in [0.3, 0.4) is 0 Å². The molecule has 0 unspecified atom stereocenters. The van der Waals surface area contributed by atoms with Crippen LogP contribution in [0.1, 0.15) is 10.4 Å². The maximum atomic E-state index is 11.2. The molecule has 0 spiro atoms. The third-order valence-corrected chi connectivity index (χ3v) is 4.45. The Morgan fingerprint density at radius 1 is 1.40 bits per heavy atom. The highest BCUT2D eigenvalue weighted by atomic mass is 32.1. The molecular weight excluding hydrogens is 342 g/mol. The van der Waals surface area contributed by atoms with Crippen LogP contribution in [0.4, 0.5) is 10.9 Å². The van der Waals surface area contributed by atoms with Crippen molar-refractivity contribution in [2.45, 2.75) is 0 Å². The summed E-state index contributed by atoms with van der Waals surface area (Å²) in [4.78, 5) is 19.6. The second-order valence-corrected chi connectivity index (χ2v) is 6.26.